The van der Waals surface area contributed by atoms with Gasteiger partial charge in [0.25, 0.3) is 0 Å². The lowest BCUT2D eigenvalue weighted by Gasteiger charge is -2.34. The summed E-state index contributed by atoms with van der Waals surface area (Å²) in [5, 5.41) is 2.60. The van der Waals surface area contributed by atoms with Crippen LogP contribution in [-0.2, 0) is 14.3 Å². The Bertz CT molecular complexity index is 230. The highest BCUT2D eigenvalue weighted by molar-refractivity contribution is 5.77. The Morgan fingerprint density at radius 3 is 2.81 bits per heavy atom. The molecule has 5 nitrogen and oxygen atoms in total. The van der Waals surface area contributed by atoms with E-state index in [1.807, 2.05) is 0 Å². The normalized spacial score (nSPS) is 21.5. The molecule has 1 aliphatic rings. The predicted octanol–water partition coefficient (Wildman–Crippen LogP) is 0.150. The first-order chi connectivity index (χ1) is 7.67. The predicted molar refractivity (Wildman–Crippen MR) is 59.9 cm³/mol. The van der Waals surface area contributed by atoms with Gasteiger partial charge in [0.1, 0.15) is 0 Å². The summed E-state index contributed by atoms with van der Waals surface area (Å²) in [5.41, 5.74) is 0. The Hall–Kier alpha value is -1.10. The molecule has 1 N–H and O–H groups in total. The van der Waals surface area contributed by atoms with Crippen molar-refractivity contribution in [3.8, 4) is 0 Å². The van der Waals surface area contributed by atoms with Gasteiger partial charge in [0, 0.05) is 13.1 Å². The van der Waals surface area contributed by atoms with Gasteiger partial charge in [-0.15, -0.1) is 0 Å². The standard InChI is InChI=1S/C11H20N2O3/c1-12-10(14)8-13-6-4-3-5-9(13)7-11(15)16-2/h9H,3-8H2,1-2H3,(H,12,14). The molecule has 1 rings (SSSR count). The number of methoxy groups -OCH3 is 1. The molecule has 0 bridgehead atoms. The summed E-state index contributed by atoms with van der Waals surface area (Å²) in [6.07, 6.45) is 3.56. The van der Waals surface area contributed by atoms with E-state index >= 15 is 0 Å². The van der Waals surface area contributed by atoms with Crippen LogP contribution in [0.5, 0.6) is 0 Å². The second kappa shape index (κ2) is 6.48. The SMILES string of the molecule is CNC(=O)CN1CCCCC1CC(=O)OC. The molecule has 0 spiro atoms. The number of rotatable bonds is 4. The van der Waals surface area contributed by atoms with Crippen molar-refractivity contribution in [2.75, 3.05) is 27.2 Å². The van der Waals surface area contributed by atoms with Crippen molar-refractivity contribution in [3.05, 3.63) is 0 Å². The van der Waals surface area contributed by atoms with Crippen molar-refractivity contribution in [2.24, 2.45) is 0 Å². The third-order valence-electron chi connectivity index (χ3n) is 3.00. The van der Waals surface area contributed by atoms with Crippen molar-refractivity contribution >= 4 is 11.9 Å². The highest BCUT2D eigenvalue weighted by atomic mass is 16.5. The zero-order chi connectivity index (χ0) is 12.0. The molecule has 1 fully saturated rings. The van der Waals surface area contributed by atoms with Crippen LogP contribution in [0.1, 0.15) is 25.7 Å². The molecular weight excluding hydrogens is 208 g/mol. The van der Waals surface area contributed by atoms with Gasteiger partial charge in [0.05, 0.1) is 20.1 Å². The molecule has 0 aromatic rings. The number of carbonyl (C=O) groups excluding carboxylic acids is 2. The van der Waals surface area contributed by atoms with Crippen LogP contribution >= 0.6 is 0 Å². The topological polar surface area (TPSA) is 58.6 Å². The van der Waals surface area contributed by atoms with Gasteiger partial charge in [0.15, 0.2) is 0 Å². The van der Waals surface area contributed by atoms with Crippen molar-refractivity contribution in [1.82, 2.24) is 10.2 Å². The average molecular weight is 228 g/mol. The fraction of sp³-hybridized carbons (Fsp3) is 0.818. The van der Waals surface area contributed by atoms with E-state index in [2.05, 4.69) is 15.0 Å². The number of amides is 1. The first-order valence-electron chi connectivity index (χ1n) is 5.68. The van der Waals surface area contributed by atoms with Crippen LogP contribution in [0, 0.1) is 0 Å². The number of hydrogen-bond donors (Lipinski definition) is 1. The highest BCUT2D eigenvalue weighted by Gasteiger charge is 2.26. The fourth-order valence-corrected chi connectivity index (χ4v) is 2.04. The third kappa shape index (κ3) is 3.81. The van der Waals surface area contributed by atoms with Gasteiger partial charge in [-0.1, -0.05) is 6.42 Å². The number of likely N-dealkylation sites (tertiary alicyclic amines) is 1. The molecule has 0 aliphatic carbocycles. The van der Waals surface area contributed by atoms with Crippen molar-refractivity contribution < 1.29 is 14.3 Å². The Kier molecular flexibility index (Phi) is 5.25. The molecule has 1 amide bonds. The van der Waals surface area contributed by atoms with Crippen LogP contribution in [0.15, 0.2) is 0 Å². The number of hydrogen-bond acceptors (Lipinski definition) is 4. The zero-order valence-electron chi connectivity index (χ0n) is 9.99. The first kappa shape index (κ1) is 13.0. The van der Waals surface area contributed by atoms with E-state index in [1.165, 1.54) is 7.11 Å². The molecule has 1 unspecified atom stereocenters. The van der Waals surface area contributed by atoms with Gasteiger partial charge >= 0.3 is 5.97 Å². The van der Waals surface area contributed by atoms with Crippen LogP contribution in [-0.4, -0.2) is 50.1 Å². The minimum absolute atomic E-state index is 0.00299. The molecule has 1 heterocycles. The lowest BCUT2D eigenvalue weighted by Crippen LogP contribution is -2.45. The van der Waals surface area contributed by atoms with E-state index in [9.17, 15) is 9.59 Å². The maximum Gasteiger partial charge on any atom is 0.307 e. The van der Waals surface area contributed by atoms with Gasteiger partial charge in [-0.05, 0) is 19.4 Å². The van der Waals surface area contributed by atoms with Crippen LogP contribution < -0.4 is 5.32 Å². The van der Waals surface area contributed by atoms with Gasteiger partial charge in [0.2, 0.25) is 5.91 Å². The summed E-state index contributed by atoms with van der Waals surface area (Å²) in [6.45, 7) is 1.26. The summed E-state index contributed by atoms with van der Waals surface area (Å²) in [4.78, 5) is 24.6. The molecule has 0 radical (unpaired) electrons. The molecule has 1 atom stereocenters. The molecule has 1 saturated heterocycles. The van der Waals surface area contributed by atoms with Gasteiger partial charge in [-0.2, -0.15) is 0 Å². The number of nitrogens with zero attached hydrogens (tertiary/aromatic N) is 1. The number of ether oxygens (including phenoxy) is 1. The second-order valence-corrected chi connectivity index (χ2v) is 4.07. The van der Waals surface area contributed by atoms with Crippen LogP contribution in [0.2, 0.25) is 0 Å². The van der Waals surface area contributed by atoms with Crippen LogP contribution in [0.25, 0.3) is 0 Å². The number of carbonyl (C=O) groups is 2. The maximum atomic E-state index is 11.3. The van der Waals surface area contributed by atoms with Gasteiger partial charge in [-0.25, -0.2) is 0 Å². The average Bonchev–Trinajstić information content (AvgIpc) is 2.31. The van der Waals surface area contributed by atoms with Crippen LogP contribution in [0.3, 0.4) is 0 Å². The summed E-state index contributed by atoms with van der Waals surface area (Å²) >= 11 is 0. The van der Waals surface area contributed by atoms with E-state index < -0.39 is 0 Å². The van der Waals surface area contributed by atoms with E-state index in [-0.39, 0.29) is 17.9 Å². The molecule has 5 heteroatoms. The van der Waals surface area contributed by atoms with Gasteiger partial charge in [-0.3, -0.25) is 14.5 Å². The monoisotopic (exact) mass is 228 g/mol. The largest absolute Gasteiger partial charge is 0.469 e. The summed E-state index contributed by atoms with van der Waals surface area (Å²) in [5.74, 6) is -0.203. The Labute approximate surface area is 96.1 Å². The van der Waals surface area contributed by atoms with Crippen molar-refractivity contribution in [2.45, 2.75) is 31.7 Å². The molecule has 92 valence electrons. The molecular formula is C11H20N2O3. The Balaban J connectivity index is 2.49. The smallest absolute Gasteiger partial charge is 0.307 e. The number of likely N-dealkylation sites (N-methyl/N-ethyl adjacent to an activating group) is 1. The van der Waals surface area contributed by atoms with E-state index in [0.717, 1.165) is 25.8 Å². The number of nitrogens with one attached hydrogen (secondary N) is 1. The number of esters is 1. The molecule has 0 saturated carbocycles. The quantitative estimate of drug-likeness (QED) is 0.696. The summed E-state index contributed by atoms with van der Waals surface area (Å²) in [6, 6.07) is 0.151. The van der Waals surface area contributed by atoms with E-state index in [0.29, 0.717) is 13.0 Å². The first-order valence-corrected chi connectivity index (χ1v) is 5.68. The molecule has 0 aromatic heterocycles. The lowest BCUT2D eigenvalue weighted by molar-refractivity contribution is -0.143. The van der Waals surface area contributed by atoms with E-state index in [4.69, 9.17) is 0 Å². The second-order valence-electron chi connectivity index (χ2n) is 4.07. The Morgan fingerprint density at radius 1 is 1.44 bits per heavy atom. The summed E-state index contributed by atoms with van der Waals surface area (Å²) in [7, 11) is 3.02. The summed E-state index contributed by atoms with van der Waals surface area (Å²) < 4.78 is 4.67. The number of piperidine rings is 1. The van der Waals surface area contributed by atoms with E-state index in [1.54, 1.807) is 7.05 Å². The fourth-order valence-electron chi connectivity index (χ4n) is 2.04. The van der Waals surface area contributed by atoms with Gasteiger partial charge < -0.3 is 10.1 Å². The Morgan fingerprint density at radius 2 is 2.19 bits per heavy atom. The maximum absolute atomic E-state index is 11.3. The van der Waals surface area contributed by atoms with Crippen LogP contribution in [0.4, 0.5) is 0 Å². The zero-order valence-corrected chi connectivity index (χ0v) is 9.99. The van der Waals surface area contributed by atoms with Crippen molar-refractivity contribution in [1.29, 1.82) is 0 Å². The minimum atomic E-state index is -0.200. The van der Waals surface area contributed by atoms with Crippen molar-refractivity contribution in [3.63, 3.8) is 0 Å². The minimum Gasteiger partial charge on any atom is -0.469 e. The molecule has 1 aliphatic heterocycles. The molecule has 0 aromatic carbocycles. The third-order valence-corrected chi connectivity index (χ3v) is 3.00. The highest BCUT2D eigenvalue weighted by Crippen LogP contribution is 2.19. The molecule has 16 heavy (non-hydrogen) atoms. The lowest BCUT2D eigenvalue weighted by atomic mass is 9.99.